The molecule has 1 fully saturated rings. The molecule has 1 atom stereocenters. The molecule has 1 amide bonds. The van der Waals surface area contributed by atoms with Gasteiger partial charge in [0.1, 0.15) is 5.69 Å². The number of carbonyl (C=O) groups is 1. The zero-order valence-corrected chi connectivity index (χ0v) is 15.3. The lowest BCUT2D eigenvalue weighted by atomic mass is 9.72. The molecular formula is C18H18N4OS2. The molecule has 1 aliphatic heterocycles. The van der Waals surface area contributed by atoms with Gasteiger partial charge in [0.05, 0.1) is 11.2 Å². The van der Waals surface area contributed by atoms with Crippen molar-refractivity contribution in [3.63, 3.8) is 0 Å². The molecule has 3 aromatic heterocycles. The van der Waals surface area contributed by atoms with Gasteiger partial charge in [0.2, 0.25) is 0 Å². The van der Waals surface area contributed by atoms with Gasteiger partial charge in [-0.25, -0.2) is 4.98 Å². The predicted octanol–water partition coefficient (Wildman–Crippen LogP) is 3.71. The van der Waals surface area contributed by atoms with Crippen molar-refractivity contribution in [2.24, 2.45) is 0 Å². The van der Waals surface area contributed by atoms with Crippen LogP contribution < -0.4 is 0 Å². The third-order valence-electron chi connectivity index (χ3n) is 5.57. The molecule has 0 aromatic carbocycles. The number of rotatable bonds is 2. The molecule has 4 heterocycles. The van der Waals surface area contributed by atoms with Crippen molar-refractivity contribution < 1.29 is 4.79 Å². The van der Waals surface area contributed by atoms with Crippen molar-refractivity contribution >= 4 is 28.6 Å². The zero-order chi connectivity index (χ0) is 16.9. The highest BCUT2D eigenvalue weighted by Gasteiger charge is 2.46. The Hall–Kier alpha value is -1.99. The quantitative estimate of drug-likeness (QED) is 0.748. The van der Waals surface area contributed by atoms with Crippen LogP contribution in [-0.4, -0.2) is 39.1 Å². The predicted molar refractivity (Wildman–Crippen MR) is 99.2 cm³/mol. The molecular weight excluding hydrogens is 352 g/mol. The molecule has 0 saturated carbocycles. The van der Waals surface area contributed by atoms with E-state index in [1.807, 2.05) is 10.3 Å². The van der Waals surface area contributed by atoms with Crippen LogP contribution in [0.4, 0.5) is 0 Å². The number of hydrogen-bond acceptors (Lipinski definition) is 5. The highest BCUT2D eigenvalue weighted by molar-refractivity contribution is 7.08. The Kier molecular flexibility index (Phi) is 3.53. The van der Waals surface area contributed by atoms with Crippen molar-refractivity contribution in [3.05, 3.63) is 44.7 Å². The fraction of sp³-hybridized carbons (Fsp3) is 0.389. The minimum atomic E-state index is 0.0283. The molecule has 1 saturated heterocycles. The first kappa shape index (κ1) is 15.3. The van der Waals surface area contributed by atoms with Gasteiger partial charge in [0, 0.05) is 46.1 Å². The number of aromatic nitrogens is 3. The normalized spacial score (nSPS) is 22.5. The van der Waals surface area contributed by atoms with E-state index < -0.39 is 0 Å². The number of amides is 1. The lowest BCUT2D eigenvalue weighted by Crippen LogP contribution is -2.37. The summed E-state index contributed by atoms with van der Waals surface area (Å²) in [7, 11) is 0. The molecule has 0 radical (unpaired) electrons. The summed E-state index contributed by atoms with van der Waals surface area (Å²) in [4.78, 5) is 18.8. The highest BCUT2D eigenvalue weighted by atomic mass is 32.1. The fourth-order valence-corrected chi connectivity index (χ4v) is 5.51. The maximum atomic E-state index is 12.7. The number of carbonyl (C=O) groups excluding carboxylic acids is 1. The first-order valence-corrected chi connectivity index (χ1v) is 10.4. The van der Waals surface area contributed by atoms with Crippen molar-refractivity contribution in [2.75, 3.05) is 13.1 Å². The van der Waals surface area contributed by atoms with Gasteiger partial charge in [0.25, 0.3) is 5.91 Å². The van der Waals surface area contributed by atoms with Crippen molar-refractivity contribution in [3.8, 4) is 11.3 Å². The van der Waals surface area contributed by atoms with Gasteiger partial charge in [-0.15, -0.1) is 11.3 Å². The lowest BCUT2D eigenvalue weighted by molar-refractivity contribution is 0.0776. The van der Waals surface area contributed by atoms with E-state index in [0.29, 0.717) is 5.69 Å². The van der Waals surface area contributed by atoms with Crippen LogP contribution in [0.3, 0.4) is 0 Å². The second-order valence-electron chi connectivity index (χ2n) is 6.92. The van der Waals surface area contributed by atoms with E-state index in [2.05, 4.69) is 32.0 Å². The number of nitrogens with one attached hydrogen (secondary N) is 1. The topological polar surface area (TPSA) is 61.9 Å². The van der Waals surface area contributed by atoms with E-state index in [1.54, 1.807) is 16.8 Å². The van der Waals surface area contributed by atoms with Gasteiger partial charge in [-0.1, -0.05) is 0 Å². The van der Waals surface area contributed by atoms with E-state index in [9.17, 15) is 4.79 Å². The smallest absolute Gasteiger partial charge is 0.273 e. The molecule has 2 aliphatic rings. The number of hydrogen-bond donors (Lipinski definition) is 1. The van der Waals surface area contributed by atoms with Gasteiger partial charge in [-0.05, 0) is 37.1 Å². The average Bonchev–Trinajstić information content (AvgIpc) is 3.40. The van der Waals surface area contributed by atoms with Crippen LogP contribution in [0, 0.1) is 0 Å². The number of thiophene rings is 1. The number of H-pyrrole nitrogens is 1. The van der Waals surface area contributed by atoms with Crippen LogP contribution in [0.1, 0.15) is 41.0 Å². The third kappa shape index (κ3) is 2.37. The van der Waals surface area contributed by atoms with Crippen molar-refractivity contribution in [2.45, 2.75) is 31.1 Å². The molecule has 128 valence electrons. The Balaban J connectivity index is 1.48. The Morgan fingerprint density at radius 2 is 2.24 bits per heavy atom. The summed E-state index contributed by atoms with van der Waals surface area (Å²) in [5.74, 6) is 0.0582. The third-order valence-corrected chi connectivity index (χ3v) is 6.84. The number of aromatic amines is 1. The van der Waals surface area contributed by atoms with E-state index in [0.717, 1.165) is 44.5 Å². The first-order valence-electron chi connectivity index (χ1n) is 8.55. The molecule has 1 spiro atoms. The van der Waals surface area contributed by atoms with E-state index in [1.165, 1.54) is 28.2 Å². The molecule has 3 aromatic rings. The van der Waals surface area contributed by atoms with Gasteiger partial charge in [0.15, 0.2) is 0 Å². The summed E-state index contributed by atoms with van der Waals surface area (Å²) in [6, 6.07) is 2.13. The molecule has 1 N–H and O–H groups in total. The van der Waals surface area contributed by atoms with Crippen molar-refractivity contribution in [1.29, 1.82) is 0 Å². The minimum Gasteiger partial charge on any atom is -0.336 e. The van der Waals surface area contributed by atoms with E-state index >= 15 is 0 Å². The number of thiazole rings is 1. The van der Waals surface area contributed by atoms with Gasteiger partial charge in [-0.2, -0.15) is 16.4 Å². The maximum absolute atomic E-state index is 12.7. The van der Waals surface area contributed by atoms with Crippen molar-refractivity contribution in [1.82, 2.24) is 20.1 Å². The van der Waals surface area contributed by atoms with Crippen LogP contribution in [0.25, 0.3) is 11.3 Å². The molecule has 0 bridgehead atoms. The highest BCUT2D eigenvalue weighted by Crippen LogP contribution is 2.45. The fourth-order valence-electron chi connectivity index (χ4n) is 4.35. The summed E-state index contributed by atoms with van der Waals surface area (Å²) >= 11 is 3.17. The van der Waals surface area contributed by atoms with E-state index in [4.69, 9.17) is 0 Å². The summed E-state index contributed by atoms with van der Waals surface area (Å²) in [5, 5.41) is 14.1. The van der Waals surface area contributed by atoms with Crippen LogP contribution >= 0.6 is 22.7 Å². The second-order valence-corrected chi connectivity index (χ2v) is 8.42. The number of fused-ring (bicyclic) bond motifs is 2. The van der Waals surface area contributed by atoms with Crippen LogP contribution in [0.15, 0.2) is 27.7 Å². The van der Waals surface area contributed by atoms with Crippen LogP contribution in [0.5, 0.6) is 0 Å². The SMILES string of the molecule is O=C(c1cscn1)N1CC[C@@]2(CCCc3c(-c4ccsc4)n[nH]c32)C1. The zero-order valence-electron chi connectivity index (χ0n) is 13.7. The Bertz CT molecular complexity index is 900. The Labute approximate surface area is 153 Å². The number of nitrogens with zero attached hydrogens (tertiary/aromatic N) is 3. The van der Waals surface area contributed by atoms with Crippen LogP contribution in [-0.2, 0) is 11.8 Å². The molecule has 25 heavy (non-hydrogen) atoms. The minimum absolute atomic E-state index is 0.0283. The standard InChI is InChI=1S/C18H18N4OS2/c23-17(14-9-25-11-19-14)22-6-5-18(10-22)4-1-2-13-15(20-21-16(13)18)12-3-7-24-8-12/h3,7-9,11H,1-2,4-6,10H2,(H,20,21)/t18-/m0/s1. The van der Waals surface area contributed by atoms with E-state index in [-0.39, 0.29) is 11.3 Å². The maximum Gasteiger partial charge on any atom is 0.273 e. The summed E-state index contributed by atoms with van der Waals surface area (Å²) in [5.41, 5.74) is 7.23. The molecule has 7 heteroatoms. The monoisotopic (exact) mass is 370 g/mol. The Morgan fingerprint density at radius 1 is 1.28 bits per heavy atom. The van der Waals surface area contributed by atoms with Crippen LogP contribution in [0.2, 0.25) is 0 Å². The first-order chi connectivity index (χ1) is 12.3. The van der Waals surface area contributed by atoms with Gasteiger partial charge >= 0.3 is 0 Å². The Morgan fingerprint density at radius 3 is 3.04 bits per heavy atom. The summed E-state index contributed by atoms with van der Waals surface area (Å²) in [6.07, 6.45) is 4.34. The second kappa shape index (κ2) is 5.78. The molecule has 0 unspecified atom stereocenters. The largest absolute Gasteiger partial charge is 0.336 e. The molecule has 5 rings (SSSR count). The molecule has 5 nitrogen and oxygen atoms in total. The number of likely N-dealkylation sites (tertiary alicyclic amines) is 1. The van der Waals surface area contributed by atoms with Gasteiger partial charge in [-0.3, -0.25) is 9.89 Å². The molecule has 1 aliphatic carbocycles. The lowest BCUT2D eigenvalue weighted by Gasteiger charge is -2.33. The summed E-state index contributed by atoms with van der Waals surface area (Å²) in [6.45, 7) is 1.56. The average molecular weight is 371 g/mol. The summed E-state index contributed by atoms with van der Waals surface area (Å²) < 4.78 is 0. The van der Waals surface area contributed by atoms with Gasteiger partial charge < -0.3 is 4.90 Å².